The van der Waals surface area contributed by atoms with E-state index in [1.54, 1.807) is 0 Å². The molecule has 1 rings (SSSR count). The van der Waals surface area contributed by atoms with Crippen LogP contribution in [0.3, 0.4) is 0 Å². The second-order valence-electron chi connectivity index (χ2n) is 2.36. The maximum absolute atomic E-state index is 12.1. The van der Waals surface area contributed by atoms with Crippen LogP contribution in [0, 0.1) is 0 Å². The Morgan fingerprint density at radius 1 is 1.42 bits per heavy atom. The molecule has 0 aliphatic carbocycles. The van der Waals surface area contributed by atoms with Gasteiger partial charge in [-0.15, -0.1) is 0 Å². The highest BCUT2D eigenvalue weighted by molar-refractivity contribution is 6.59. The van der Waals surface area contributed by atoms with Crippen molar-refractivity contribution in [1.82, 2.24) is 0 Å². The predicted octanol–water partition coefficient (Wildman–Crippen LogP) is 0.489. The normalized spacial score (nSPS) is 10.0. The van der Waals surface area contributed by atoms with E-state index in [0.717, 1.165) is 0 Å². The first kappa shape index (κ1) is 9.51. The van der Waals surface area contributed by atoms with Gasteiger partial charge in [-0.3, -0.25) is 0 Å². The van der Waals surface area contributed by atoms with Crippen molar-refractivity contribution in [3.05, 3.63) is 28.8 Å². The SMILES string of the molecule is OB(O)c1ccc(CF)c(Cl)c1. The van der Waals surface area contributed by atoms with Gasteiger partial charge in [0.2, 0.25) is 0 Å². The summed E-state index contributed by atoms with van der Waals surface area (Å²) in [6.45, 7) is -0.652. The Hall–Kier alpha value is -0.575. The first-order valence-electron chi connectivity index (χ1n) is 3.35. The fraction of sp³-hybridized carbons (Fsp3) is 0.143. The summed E-state index contributed by atoms with van der Waals surface area (Å²) in [5.74, 6) is 0. The van der Waals surface area contributed by atoms with Gasteiger partial charge in [0.05, 0.1) is 0 Å². The number of rotatable bonds is 2. The molecule has 1 aromatic carbocycles. The molecule has 2 N–H and O–H groups in total. The van der Waals surface area contributed by atoms with E-state index in [1.807, 2.05) is 0 Å². The van der Waals surface area contributed by atoms with Crippen LogP contribution in [-0.4, -0.2) is 17.2 Å². The lowest BCUT2D eigenvalue weighted by molar-refractivity contribution is 0.425. The Morgan fingerprint density at radius 3 is 2.50 bits per heavy atom. The third-order valence-corrected chi connectivity index (χ3v) is 1.87. The molecule has 5 heteroatoms. The van der Waals surface area contributed by atoms with E-state index in [-0.39, 0.29) is 10.5 Å². The average Bonchev–Trinajstić information content (AvgIpc) is 2.04. The Bertz CT molecular complexity index is 280. The lowest BCUT2D eigenvalue weighted by Gasteiger charge is -2.02. The smallest absolute Gasteiger partial charge is 0.423 e. The zero-order valence-corrected chi connectivity index (χ0v) is 6.92. The minimum atomic E-state index is -1.56. The molecule has 64 valence electrons. The van der Waals surface area contributed by atoms with Crippen molar-refractivity contribution in [2.75, 3.05) is 0 Å². The monoisotopic (exact) mass is 188 g/mol. The van der Waals surface area contributed by atoms with E-state index in [2.05, 4.69) is 0 Å². The van der Waals surface area contributed by atoms with Crippen molar-refractivity contribution >= 4 is 24.2 Å². The summed E-state index contributed by atoms with van der Waals surface area (Å²) in [7, 11) is -1.56. The summed E-state index contributed by atoms with van der Waals surface area (Å²) in [5, 5.41) is 17.6. The van der Waals surface area contributed by atoms with Gasteiger partial charge in [-0.25, -0.2) is 4.39 Å². The van der Waals surface area contributed by atoms with Gasteiger partial charge in [0.1, 0.15) is 6.67 Å². The first-order valence-corrected chi connectivity index (χ1v) is 3.73. The van der Waals surface area contributed by atoms with Crippen molar-refractivity contribution < 1.29 is 14.4 Å². The highest BCUT2D eigenvalue weighted by atomic mass is 35.5. The van der Waals surface area contributed by atoms with Crippen LogP contribution in [0.2, 0.25) is 5.02 Å². The molecule has 0 saturated carbocycles. The zero-order valence-electron chi connectivity index (χ0n) is 6.17. The number of halogens is 2. The van der Waals surface area contributed by atoms with Gasteiger partial charge >= 0.3 is 7.12 Å². The van der Waals surface area contributed by atoms with E-state index < -0.39 is 13.8 Å². The van der Waals surface area contributed by atoms with Crippen molar-refractivity contribution in [2.45, 2.75) is 6.67 Å². The van der Waals surface area contributed by atoms with Gasteiger partial charge in [0, 0.05) is 10.6 Å². The highest BCUT2D eigenvalue weighted by Gasteiger charge is 2.12. The van der Waals surface area contributed by atoms with Crippen molar-refractivity contribution in [3.8, 4) is 0 Å². The molecular formula is C7H7BClFO2. The molecule has 0 aliphatic heterocycles. The van der Waals surface area contributed by atoms with Crippen molar-refractivity contribution in [1.29, 1.82) is 0 Å². The third kappa shape index (κ3) is 1.97. The Morgan fingerprint density at radius 2 is 2.08 bits per heavy atom. The van der Waals surface area contributed by atoms with E-state index >= 15 is 0 Å². The number of hydrogen-bond donors (Lipinski definition) is 2. The molecule has 0 atom stereocenters. The maximum Gasteiger partial charge on any atom is 0.488 e. The standard InChI is InChI=1S/C7H7BClFO2/c9-7-3-6(8(11)12)2-1-5(7)4-10/h1-3,11-12H,4H2. The fourth-order valence-corrected chi connectivity index (χ4v) is 1.07. The van der Waals surface area contributed by atoms with Crippen molar-refractivity contribution in [2.24, 2.45) is 0 Å². The Labute approximate surface area is 74.7 Å². The minimum Gasteiger partial charge on any atom is -0.423 e. The molecule has 0 amide bonds. The summed E-state index contributed by atoms with van der Waals surface area (Å²) in [6, 6.07) is 4.18. The minimum absolute atomic E-state index is 0.211. The van der Waals surface area contributed by atoms with E-state index in [1.165, 1.54) is 18.2 Å². The number of benzene rings is 1. The second kappa shape index (κ2) is 3.89. The molecule has 12 heavy (non-hydrogen) atoms. The van der Waals surface area contributed by atoms with Crippen LogP contribution >= 0.6 is 11.6 Å². The van der Waals surface area contributed by atoms with Gasteiger partial charge in [-0.1, -0.05) is 23.7 Å². The van der Waals surface area contributed by atoms with Crippen LogP contribution in [0.1, 0.15) is 5.56 Å². The Balaban J connectivity index is 3.02. The van der Waals surface area contributed by atoms with E-state index in [4.69, 9.17) is 21.6 Å². The van der Waals surface area contributed by atoms with Crippen molar-refractivity contribution in [3.63, 3.8) is 0 Å². The molecule has 0 aromatic heterocycles. The molecule has 0 aliphatic rings. The Kier molecular flexibility index (Phi) is 3.09. The van der Waals surface area contributed by atoms with Crippen LogP contribution in [0.4, 0.5) is 4.39 Å². The topological polar surface area (TPSA) is 40.5 Å². The molecule has 0 saturated heterocycles. The van der Waals surface area contributed by atoms with Gasteiger partial charge in [-0.2, -0.15) is 0 Å². The molecule has 2 nitrogen and oxygen atoms in total. The predicted molar refractivity (Wildman–Crippen MR) is 46.1 cm³/mol. The lowest BCUT2D eigenvalue weighted by atomic mass is 9.80. The van der Waals surface area contributed by atoms with E-state index in [9.17, 15) is 4.39 Å². The van der Waals surface area contributed by atoms with Crippen LogP contribution in [0.15, 0.2) is 18.2 Å². The number of hydrogen-bond acceptors (Lipinski definition) is 2. The van der Waals surface area contributed by atoms with Gasteiger partial charge < -0.3 is 10.0 Å². The highest BCUT2D eigenvalue weighted by Crippen LogP contribution is 2.14. The lowest BCUT2D eigenvalue weighted by Crippen LogP contribution is -2.29. The molecular weight excluding hydrogens is 181 g/mol. The van der Waals surface area contributed by atoms with Crippen LogP contribution in [-0.2, 0) is 6.67 Å². The summed E-state index contributed by atoms with van der Waals surface area (Å²) in [5.41, 5.74) is 0.610. The largest absolute Gasteiger partial charge is 0.488 e. The number of alkyl halides is 1. The zero-order chi connectivity index (χ0) is 9.14. The summed E-state index contributed by atoms with van der Waals surface area (Å²) in [6.07, 6.45) is 0. The van der Waals surface area contributed by atoms with Gasteiger partial charge in [0.25, 0.3) is 0 Å². The summed E-state index contributed by atoms with van der Waals surface area (Å²) < 4.78 is 12.1. The molecule has 1 aromatic rings. The summed E-state index contributed by atoms with van der Waals surface area (Å²) >= 11 is 5.61. The molecule has 0 bridgehead atoms. The third-order valence-electron chi connectivity index (χ3n) is 1.52. The van der Waals surface area contributed by atoms with Gasteiger partial charge in [0.15, 0.2) is 0 Å². The summed E-state index contributed by atoms with van der Waals surface area (Å²) in [4.78, 5) is 0. The molecule has 0 radical (unpaired) electrons. The quantitative estimate of drug-likeness (QED) is 0.663. The van der Waals surface area contributed by atoms with E-state index in [0.29, 0.717) is 5.56 Å². The van der Waals surface area contributed by atoms with Crippen LogP contribution < -0.4 is 5.46 Å². The first-order chi connectivity index (χ1) is 5.65. The second-order valence-corrected chi connectivity index (χ2v) is 2.77. The fourth-order valence-electron chi connectivity index (χ4n) is 0.833. The van der Waals surface area contributed by atoms with Crippen LogP contribution in [0.5, 0.6) is 0 Å². The average molecular weight is 188 g/mol. The molecule has 0 spiro atoms. The molecule has 0 fully saturated rings. The molecule has 0 unspecified atom stereocenters. The molecule has 0 heterocycles. The van der Waals surface area contributed by atoms with Crippen LogP contribution in [0.25, 0.3) is 0 Å². The van der Waals surface area contributed by atoms with Gasteiger partial charge in [-0.05, 0) is 11.5 Å². The maximum atomic E-state index is 12.1.